The minimum atomic E-state index is -0.681. The van der Waals surface area contributed by atoms with Crippen molar-refractivity contribution in [3.8, 4) is 0 Å². The summed E-state index contributed by atoms with van der Waals surface area (Å²) in [5, 5.41) is 13.1. The van der Waals surface area contributed by atoms with Crippen LogP contribution in [-0.2, 0) is 6.42 Å². The molecule has 21 heavy (non-hydrogen) atoms. The second-order valence-corrected chi connectivity index (χ2v) is 4.65. The maximum Gasteiger partial charge on any atom is 0.433 e. The molecule has 6 nitrogen and oxygen atoms in total. The van der Waals surface area contributed by atoms with Gasteiger partial charge in [0, 0.05) is 5.69 Å². The molecule has 2 rings (SSSR count). The number of nitro groups is 1. The van der Waals surface area contributed by atoms with E-state index in [0.29, 0.717) is 5.69 Å². The third-order valence-electron chi connectivity index (χ3n) is 3.03. The van der Waals surface area contributed by atoms with Crippen molar-refractivity contribution in [2.75, 3.05) is 5.32 Å². The first-order valence-corrected chi connectivity index (χ1v) is 6.74. The maximum absolute atomic E-state index is 11.9. The summed E-state index contributed by atoms with van der Waals surface area (Å²) in [5.41, 5.74) is 1.84. The molecule has 1 heterocycles. The van der Waals surface area contributed by atoms with Crippen molar-refractivity contribution in [3.63, 3.8) is 0 Å². The zero-order valence-electron chi connectivity index (χ0n) is 11.7. The van der Waals surface area contributed by atoms with E-state index < -0.39 is 16.7 Å². The number of nitrogens with zero attached hydrogens (tertiary/aromatic N) is 1. The SMILES string of the molecule is CCCCc1ccc(NC(=O)c2ccc([N+](=O)[O-])o2)cc1. The second kappa shape index (κ2) is 6.69. The number of amides is 1. The van der Waals surface area contributed by atoms with Gasteiger partial charge in [0.05, 0.1) is 6.07 Å². The molecule has 1 aromatic carbocycles. The van der Waals surface area contributed by atoms with Gasteiger partial charge >= 0.3 is 5.88 Å². The molecule has 0 aliphatic carbocycles. The Kier molecular flexibility index (Phi) is 4.71. The number of benzene rings is 1. The van der Waals surface area contributed by atoms with Crippen molar-refractivity contribution in [2.45, 2.75) is 26.2 Å². The predicted octanol–water partition coefficient (Wildman–Crippen LogP) is 3.78. The Morgan fingerprint density at radius 1 is 1.24 bits per heavy atom. The Labute approximate surface area is 121 Å². The average Bonchev–Trinajstić information content (AvgIpc) is 2.97. The van der Waals surface area contributed by atoms with Crippen molar-refractivity contribution >= 4 is 17.5 Å². The van der Waals surface area contributed by atoms with Crippen molar-refractivity contribution in [2.24, 2.45) is 0 Å². The van der Waals surface area contributed by atoms with E-state index >= 15 is 0 Å². The molecule has 0 spiro atoms. The van der Waals surface area contributed by atoms with E-state index in [1.807, 2.05) is 12.1 Å². The van der Waals surface area contributed by atoms with Gasteiger partial charge in [-0.2, -0.15) is 0 Å². The van der Waals surface area contributed by atoms with Crippen molar-refractivity contribution < 1.29 is 14.1 Å². The monoisotopic (exact) mass is 288 g/mol. The zero-order valence-corrected chi connectivity index (χ0v) is 11.7. The lowest BCUT2D eigenvalue weighted by Gasteiger charge is -2.04. The fourth-order valence-electron chi connectivity index (χ4n) is 1.88. The summed E-state index contributed by atoms with van der Waals surface area (Å²) < 4.78 is 4.84. The lowest BCUT2D eigenvalue weighted by molar-refractivity contribution is -0.402. The minimum Gasteiger partial charge on any atom is -0.395 e. The molecule has 0 aliphatic rings. The summed E-state index contributed by atoms with van der Waals surface area (Å²) in [5.74, 6) is -1.05. The number of aryl methyl sites for hydroxylation is 1. The summed E-state index contributed by atoms with van der Waals surface area (Å²) in [6.45, 7) is 2.14. The summed E-state index contributed by atoms with van der Waals surface area (Å²) in [6.07, 6.45) is 3.27. The molecule has 0 aliphatic heterocycles. The Morgan fingerprint density at radius 3 is 2.52 bits per heavy atom. The Morgan fingerprint density at radius 2 is 1.95 bits per heavy atom. The van der Waals surface area contributed by atoms with Gasteiger partial charge in [-0.3, -0.25) is 14.9 Å². The Balaban J connectivity index is 2.00. The van der Waals surface area contributed by atoms with Crippen molar-refractivity contribution in [1.82, 2.24) is 0 Å². The Hall–Kier alpha value is -2.63. The summed E-state index contributed by atoms with van der Waals surface area (Å²) in [4.78, 5) is 21.7. The molecule has 1 N–H and O–H groups in total. The van der Waals surface area contributed by atoms with Crippen LogP contribution in [0.25, 0.3) is 0 Å². The van der Waals surface area contributed by atoms with Crippen molar-refractivity contribution in [1.29, 1.82) is 0 Å². The highest BCUT2D eigenvalue weighted by atomic mass is 16.6. The van der Waals surface area contributed by atoms with Crippen LogP contribution in [0.5, 0.6) is 0 Å². The van der Waals surface area contributed by atoms with Gasteiger partial charge in [-0.25, -0.2) is 0 Å². The normalized spacial score (nSPS) is 10.3. The lowest BCUT2D eigenvalue weighted by atomic mass is 10.1. The number of carbonyl (C=O) groups excluding carboxylic acids is 1. The lowest BCUT2D eigenvalue weighted by Crippen LogP contribution is -2.10. The third-order valence-corrected chi connectivity index (χ3v) is 3.03. The first-order chi connectivity index (χ1) is 10.1. The number of nitrogens with one attached hydrogen (secondary N) is 1. The quantitative estimate of drug-likeness (QED) is 0.647. The largest absolute Gasteiger partial charge is 0.433 e. The smallest absolute Gasteiger partial charge is 0.395 e. The van der Waals surface area contributed by atoms with E-state index in [-0.39, 0.29) is 5.76 Å². The summed E-state index contributed by atoms with van der Waals surface area (Å²) in [7, 11) is 0. The number of furan rings is 1. The number of hydrogen-bond acceptors (Lipinski definition) is 4. The van der Waals surface area contributed by atoms with Gasteiger partial charge in [-0.1, -0.05) is 25.5 Å². The van der Waals surface area contributed by atoms with Crippen LogP contribution < -0.4 is 5.32 Å². The molecule has 110 valence electrons. The number of rotatable bonds is 6. The molecule has 0 unspecified atom stereocenters. The molecule has 0 saturated heterocycles. The summed E-state index contributed by atoms with van der Waals surface area (Å²) >= 11 is 0. The highest BCUT2D eigenvalue weighted by Gasteiger charge is 2.17. The number of hydrogen-bond donors (Lipinski definition) is 1. The first-order valence-electron chi connectivity index (χ1n) is 6.74. The number of carbonyl (C=O) groups is 1. The average molecular weight is 288 g/mol. The van der Waals surface area contributed by atoms with E-state index in [0.717, 1.165) is 25.3 Å². The highest BCUT2D eigenvalue weighted by Crippen LogP contribution is 2.18. The molecular weight excluding hydrogens is 272 g/mol. The molecule has 0 bridgehead atoms. The van der Waals surface area contributed by atoms with E-state index in [1.54, 1.807) is 12.1 Å². The van der Waals surface area contributed by atoms with Crippen LogP contribution in [0.1, 0.15) is 35.9 Å². The van der Waals surface area contributed by atoms with Gasteiger partial charge in [0.25, 0.3) is 5.91 Å². The van der Waals surface area contributed by atoms with Crippen LogP contribution in [-0.4, -0.2) is 10.8 Å². The topological polar surface area (TPSA) is 85.4 Å². The highest BCUT2D eigenvalue weighted by molar-refractivity contribution is 6.02. The van der Waals surface area contributed by atoms with Crippen LogP contribution in [0, 0.1) is 10.1 Å². The molecule has 1 aromatic heterocycles. The van der Waals surface area contributed by atoms with Crippen LogP contribution >= 0.6 is 0 Å². The summed E-state index contributed by atoms with van der Waals surface area (Å²) in [6, 6.07) is 9.96. The second-order valence-electron chi connectivity index (χ2n) is 4.65. The van der Waals surface area contributed by atoms with Crippen LogP contribution in [0.15, 0.2) is 40.8 Å². The molecule has 0 atom stereocenters. The number of anilines is 1. The van der Waals surface area contributed by atoms with Gasteiger partial charge < -0.3 is 9.73 Å². The fraction of sp³-hybridized carbons (Fsp3) is 0.267. The predicted molar refractivity (Wildman–Crippen MR) is 78.4 cm³/mol. The Bertz CT molecular complexity index is 631. The van der Waals surface area contributed by atoms with Crippen LogP contribution in [0.2, 0.25) is 0 Å². The molecule has 2 aromatic rings. The molecular formula is C15H16N2O4. The van der Waals surface area contributed by atoms with E-state index in [1.165, 1.54) is 11.6 Å². The van der Waals surface area contributed by atoms with Gasteiger partial charge in [0.1, 0.15) is 4.92 Å². The van der Waals surface area contributed by atoms with E-state index in [9.17, 15) is 14.9 Å². The van der Waals surface area contributed by atoms with Gasteiger partial charge in [0.2, 0.25) is 0 Å². The van der Waals surface area contributed by atoms with Crippen LogP contribution in [0.3, 0.4) is 0 Å². The minimum absolute atomic E-state index is 0.0863. The van der Waals surface area contributed by atoms with Gasteiger partial charge in [-0.15, -0.1) is 0 Å². The molecule has 0 saturated carbocycles. The molecule has 6 heteroatoms. The van der Waals surface area contributed by atoms with E-state index in [4.69, 9.17) is 4.42 Å². The van der Waals surface area contributed by atoms with Gasteiger partial charge in [0.15, 0.2) is 5.76 Å². The first kappa shape index (κ1) is 14.8. The van der Waals surface area contributed by atoms with Crippen molar-refractivity contribution in [3.05, 3.63) is 57.8 Å². The molecule has 1 amide bonds. The van der Waals surface area contributed by atoms with E-state index in [2.05, 4.69) is 12.2 Å². The van der Waals surface area contributed by atoms with Crippen LogP contribution in [0.4, 0.5) is 11.6 Å². The standard InChI is InChI=1S/C15H16N2O4/c1-2-3-4-11-5-7-12(8-6-11)16-15(18)13-9-10-14(21-13)17(19)20/h5-10H,2-4H2,1H3,(H,16,18). The number of unbranched alkanes of at least 4 members (excludes halogenated alkanes) is 1. The maximum atomic E-state index is 11.9. The molecule has 0 radical (unpaired) electrons. The molecule has 0 fully saturated rings. The third kappa shape index (κ3) is 3.92. The zero-order chi connectivity index (χ0) is 15.2. The van der Waals surface area contributed by atoms with Gasteiger partial charge in [-0.05, 0) is 36.6 Å². The fourth-order valence-corrected chi connectivity index (χ4v) is 1.88.